The van der Waals surface area contributed by atoms with Crippen molar-refractivity contribution in [2.24, 2.45) is 5.73 Å². The van der Waals surface area contributed by atoms with Crippen molar-refractivity contribution < 1.29 is 4.74 Å². The standard InChI is InChI=1S/C15H24N2O/c1-18-12-11-17-10-6-5-9-14(16)15(17)13-7-3-2-4-8-13/h2-4,7-8,14-15H,5-6,9-12,16H2,1H3. The van der Waals surface area contributed by atoms with Crippen LogP contribution < -0.4 is 5.73 Å². The van der Waals surface area contributed by atoms with Crippen LogP contribution in [0, 0.1) is 0 Å². The molecule has 0 spiro atoms. The smallest absolute Gasteiger partial charge is 0.0589 e. The first-order valence-electron chi connectivity index (χ1n) is 6.86. The van der Waals surface area contributed by atoms with E-state index in [1.54, 1.807) is 7.11 Å². The average Bonchev–Trinajstić information content (AvgIpc) is 2.59. The average molecular weight is 248 g/mol. The van der Waals surface area contributed by atoms with Gasteiger partial charge in [-0.1, -0.05) is 36.8 Å². The zero-order valence-corrected chi connectivity index (χ0v) is 11.2. The summed E-state index contributed by atoms with van der Waals surface area (Å²) in [5.74, 6) is 0. The fourth-order valence-electron chi connectivity index (χ4n) is 2.83. The van der Waals surface area contributed by atoms with Gasteiger partial charge in [0.2, 0.25) is 0 Å². The highest BCUT2D eigenvalue weighted by Gasteiger charge is 2.28. The first kappa shape index (κ1) is 13.5. The third kappa shape index (κ3) is 3.31. The van der Waals surface area contributed by atoms with Crippen molar-refractivity contribution in [2.45, 2.75) is 31.3 Å². The minimum absolute atomic E-state index is 0.228. The minimum Gasteiger partial charge on any atom is -0.383 e. The molecule has 0 aliphatic carbocycles. The van der Waals surface area contributed by atoms with Crippen LogP contribution in [0.1, 0.15) is 30.9 Å². The number of nitrogens with two attached hydrogens (primary N) is 1. The highest BCUT2D eigenvalue weighted by molar-refractivity contribution is 5.21. The summed E-state index contributed by atoms with van der Waals surface area (Å²) in [5, 5.41) is 0. The van der Waals surface area contributed by atoms with Crippen LogP contribution in [-0.4, -0.2) is 37.7 Å². The van der Waals surface area contributed by atoms with Gasteiger partial charge < -0.3 is 10.5 Å². The van der Waals surface area contributed by atoms with E-state index in [2.05, 4.69) is 35.2 Å². The molecule has 18 heavy (non-hydrogen) atoms. The normalized spacial score (nSPS) is 25.9. The molecule has 0 bridgehead atoms. The minimum atomic E-state index is 0.228. The van der Waals surface area contributed by atoms with Crippen molar-refractivity contribution in [1.82, 2.24) is 4.90 Å². The second-order valence-corrected chi connectivity index (χ2v) is 5.04. The van der Waals surface area contributed by atoms with E-state index in [0.29, 0.717) is 6.04 Å². The molecule has 0 aromatic heterocycles. The number of hydrogen-bond acceptors (Lipinski definition) is 3. The van der Waals surface area contributed by atoms with E-state index in [-0.39, 0.29) is 6.04 Å². The second-order valence-electron chi connectivity index (χ2n) is 5.04. The number of likely N-dealkylation sites (tertiary alicyclic amines) is 1. The third-order valence-electron chi connectivity index (χ3n) is 3.76. The van der Waals surface area contributed by atoms with E-state index in [1.807, 2.05) is 0 Å². The van der Waals surface area contributed by atoms with Gasteiger partial charge in [0.1, 0.15) is 0 Å². The number of methoxy groups -OCH3 is 1. The van der Waals surface area contributed by atoms with E-state index < -0.39 is 0 Å². The van der Waals surface area contributed by atoms with Gasteiger partial charge >= 0.3 is 0 Å². The largest absolute Gasteiger partial charge is 0.383 e. The Morgan fingerprint density at radius 2 is 2.06 bits per heavy atom. The molecule has 1 heterocycles. The van der Waals surface area contributed by atoms with Gasteiger partial charge in [0.25, 0.3) is 0 Å². The van der Waals surface area contributed by atoms with Crippen LogP contribution in [0.15, 0.2) is 30.3 Å². The lowest BCUT2D eigenvalue weighted by atomic mass is 9.96. The first-order chi connectivity index (χ1) is 8.83. The molecule has 1 aromatic rings. The summed E-state index contributed by atoms with van der Waals surface area (Å²) >= 11 is 0. The van der Waals surface area contributed by atoms with Crippen LogP contribution in [0.3, 0.4) is 0 Å². The monoisotopic (exact) mass is 248 g/mol. The van der Waals surface area contributed by atoms with E-state index >= 15 is 0 Å². The van der Waals surface area contributed by atoms with E-state index in [0.717, 1.165) is 26.1 Å². The zero-order valence-electron chi connectivity index (χ0n) is 11.2. The molecule has 1 aliphatic rings. The van der Waals surface area contributed by atoms with E-state index in [9.17, 15) is 0 Å². The number of rotatable bonds is 4. The van der Waals surface area contributed by atoms with Gasteiger partial charge in [-0.15, -0.1) is 0 Å². The quantitative estimate of drug-likeness (QED) is 0.887. The molecule has 3 nitrogen and oxygen atoms in total. The predicted octanol–water partition coefficient (Wildman–Crippen LogP) is 2.19. The van der Waals surface area contributed by atoms with Crippen LogP contribution >= 0.6 is 0 Å². The maximum atomic E-state index is 6.39. The van der Waals surface area contributed by atoms with Gasteiger partial charge in [0.15, 0.2) is 0 Å². The predicted molar refractivity (Wildman–Crippen MR) is 74.5 cm³/mol. The number of benzene rings is 1. The Morgan fingerprint density at radius 3 is 2.78 bits per heavy atom. The van der Waals surface area contributed by atoms with Crippen molar-refractivity contribution in [1.29, 1.82) is 0 Å². The highest BCUT2D eigenvalue weighted by atomic mass is 16.5. The summed E-state index contributed by atoms with van der Waals surface area (Å²) in [7, 11) is 1.76. The molecular formula is C15H24N2O. The Hall–Kier alpha value is -0.900. The van der Waals surface area contributed by atoms with Gasteiger partial charge in [-0.25, -0.2) is 0 Å². The Labute approximate surface area is 110 Å². The molecule has 2 rings (SSSR count). The van der Waals surface area contributed by atoms with Crippen molar-refractivity contribution in [3.8, 4) is 0 Å². The van der Waals surface area contributed by atoms with Crippen molar-refractivity contribution >= 4 is 0 Å². The molecule has 1 aliphatic heterocycles. The molecule has 2 unspecified atom stereocenters. The Morgan fingerprint density at radius 1 is 1.28 bits per heavy atom. The molecule has 2 atom stereocenters. The summed E-state index contributed by atoms with van der Waals surface area (Å²) in [6.07, 6.45) is 3.58. The third-order valence-corrected chi connectivity index (χ3v) is 3.76. The topological polar surface area (TPSA) is 38.5 Å². The summed E-state index contributed by atoms with van der Waals surface area (Å²) in [6, 6.07) is 11.2. The highest BCUT2D eigenvalue weighted by Crippen LogP contribution is 2.28. The number of nitrogens with zero attached hydrogens (tertiary/aromatic N) is 1. The second kappa shape index (κ2) is 6.88. The Bertz CT molecular complexity index is 342. The molecule has 100 valence electrons. The van der Waals surface area contributed by atoms with E-state index in [1.165, 1.54) is 18.4 Å². The van der Waals surface area contributed by atoms with Crippen LogP contribution in [0.4, 0.5) is 0 Å². The molecule has 0 radical (unpaired) electrons. The molecule has 1 fully saturated rings. The molecular weight excluding hydrogens is 224 g/mol. The number of hydrogen-bond donors (Lipinski definition) is 1. The van der Waals surface area contributed by atoms with E-state index in [4.69, 9.17) is 10.5 Å². The molecule has 2 N–H and O–H groups in total. The van der Waals surface area contributed by atoms with Crippen LogP contribution in [0.2, 0.25) is 0 Å². The van der Waals surface area contributed by atoms with Crippen LogP contribution in [0.5, 0.6) is 0 Å². The van der Waals surface area contributed by atoms with Crippen molar-refractivity contribution in [3.63, 3.8) is 0 Å². The molecule has 0 saturated carbocycles. The lowest BCUT2D eigenvalue weighted by Gasteiger charge is -2.33. The number of ether oxygens (including phenoxy) is 1. The molecule has 0 amide bonds. The summed E-state index contributed by atoms with van der Waals surface area (Å²) < 4.78 is 5.22. The van der Waals surface area contributed by atoms with Crippen LogP contribution in [0.25, 0.3) is 0 Å². The summed E-state index contributed by atoms with van der Waals surface area (Å²) in [4.78, 5) is 2.48. The molecule has 1 saturated heterocycles. The Balaban J connectivity index is 2.18. The van der Waals surface area contributed by atoms with Gasteiger partial charge in [-0.2, -0.15) is 0 Å². The fourth-order valence-corrected chi connectivity index (χ4v) is 2.83. The first-order valence-corrected chi connectivity index (χ1v) is 6.86. The van der Waals surface area contributed by atoms with Crippen molar-refractivity contribution in [2.75, 3.05) is 26.8 Å². The summed E-state index contributed by atoms with van der Waals surface area (Å²) in [6.45, 7) is 2.86. The maximum absolute atomic E-state index is 6.39. The Kier molecular flexibility index (Phi) is 5.17. The lowest BCUT2D eigenvalue weighted by molar-refractivity contribution is 0.115. The maximum Gasteiger partial charge on any atom is 0.0589 e. The van der Waals surface area contributed by atoms with Crippen molar-refractivity contribution in [3.05, 3.63) is 35.9 Å². The zero-order chi connectivity index (χ0) is 12.8. The van der Waals surface area contributed by atoms with Gasteiger partial charge in [-0.3, -0.25) is 4.90 Å². The van der Waals surface area contributed by atoms with Crippen LogP contribution in [-0.2, 0) is 4.74 Å². The SMILES string of the molecule is COCCN1CCCCC(N)C1c1ccccc1. The lowest BCUT2D eigenvalue weighted by Crippen LogP contribution is -2.41. The molecule has 1 aromatic carbocycles. The van der Waals surface area contributed by atoms with Gasteiger partial charge in [-0.05, 0) is 24.9 Å². The van der Waals surface area contributed by atoms with Gasteiger partial charge in [0, 0.05) is 25.7 Å². The molecule has 3 heteroatoms. The summed E-state index contributed by atoms with van der Waals surface area (Å²) in [5.41, 5.74) is 7.73. The van der Waals surface area contributed by atoms with Gasteiger partial charge in [0.05, 0.1) is 6.61 Å². The fraction of sp³-hybridized carbons (Fsp3) is 0.600.